The summed E-state index contributed by atoms with van der Waals surface area (Å²) in [6.45, 7) is 0. The molecule has 0 aliphatic rings. The van der Waals surface area contributed by atoms with E-state index in [0.29, 0.717) is 5.69 Å². The minimum atomic E-state index is -0.274. The Labute approximate surface area is 79.7 Å². The fourth-order valence-corrected chi connectivity index (χ4v) is 1.33. The lowest BCUT2D eigenvalue weighted by Gasteiger charge is -1.97. The van der Waals surface area contributed by atoms with Gasteiger partial charge in [-0.3, -0.25) is 0 Å². The Kier molecular flexibility index (Phi) is 2.09. The third kappa shape index (κ3) is 1.53. The molecule has 2 nitrogen and oxygen atoms in total. The molecule has 0 aliphatic carbocycles. The van der Waals surface area contributed by atoms with Gasteiger partial charge in [-0.25, -0.2) is 9.18 Å². The molecule has 0 radical (unpaired) electrons. The van der Waals surface area contributed by atoms with Crippen molar-refractivity contribution in [1.82, 2.24) is 0 Å². The summed E-state index contributed by atoms with van der Waals surface area (Å²) in [6.07, 6.45) is 1.46. The summed E-state index contributed by atoms with van der Waals surface area (Å²) in [6, 6.07) is 9.52. The molecule has 0 bridgehead atoms. The van der Waals surface area contributed by atoms with Gasteiger partial charge >= 0.3 is 0 Å². The first-order chi connectivity index (χ1) is 6.79. The maximum atomic E-state index is 12.8. The Morgan fingerprint density at radius 1 is 1.07 bits per heavy atom. The molecule has 0 unspecified atom stereocenters. The highest BCUT2D eigenvalue weighted by Crippen LogP contribution is 2.21. The van der Waals surface area contributed by atoms with Gasteiger partial charge in [0.1, 0.15) is 5.82 Å². The molecule has 0 heterocycles. The zero-order valence-corrected chi connectivity index (χ0v) is 7.20. The van der Waals surface area contributed by atoms with Crippen molar-refractivity contribution in [3.63, 3.8) is 0 Å². The van der Waals surface area contributed by atoms with Crippen molar-refractivity contribution in [2.24, 2.45) is 4.99 Å². The van der Waals surface area contributed by atoms with Crippen LogP contribution in [0.5, 0.6) is 0 Å². The minimum Gasteiger partial charge on any atom is -0.211 e. The summed E-state index contributed by atoms with van der Waals surface area (Å²) in [5.74, 6) is -0.274. The van der Waals surface area contributed by atoms with E-state index in [1.54, 1.807) is 24.3 Å². The number of hydrogen-bond donors (Lipinski definition) is 0. The summed E-state index contributed by atoms with van der Waals surface area (Å²) in [7, 11) is 0. The maximum Gasteiger partial charge on any atom is 0.240 e. The minimum absolute atomic E-state index is 0.274. The van der Waals surface area contributed by atoms with Crippen molar-refractivity contribution in [3.8, 4) is 0 Å². The maximum absolute atomic E-state index is 12.8. The fourth-order valence-electron chi connectivity index (χ4n) is 1.33. The Morgan fingerprint density at radius 2 is 1.79 bits per heavy atom. The predicted molar refractivity (Wildman–Crippen MR) is 51.7 cm³/mol. The van der Waals surface area contributed by atoms with Crippen molar-refractivity contribution in [2.45, 2.75) is 0 Å². The third-order valence-electron chi connectivity index (χ3n) is 1.96. The number of benzene rings is 2. The van der Waals surface area contributed by atoms with Crippen LogP contribution in [0.3, 0.4) is 0 Å². The number of fused-ring (bicyclic) bond motifs is 1. The van der Waals surface area contributed by atoms with E-state index in [2.05, 4.69) is 4.99 Å². The summed E-state index contributed by atoms with van der Waals surface area (Å²) in [4.78, 5) is 13.5. The summed E-state index contributed by atoms with van der Waals surface area (Å²) in [5, 5.41) is 1.64. The molecule has 0 N–H and O–H groups in total. The summed E-state index contributed by atoms with van der Waals surface area (Å²) >= 11 is 0. The number of nitrogens with zero attached hydrogens (tertiary/aromatic N) is 1. The van der Waals surface area contributed by atoms with E-state index in [1.165, 1.54) is 18.2 Å². The standard InChI is InChI=1S/C11H6FNO/c12-10-3-1-9-6-11(13-7-14)4-2-8(9)5-10/h1-6H. The average Bonchev–Trinajstić information content (AvgIpc) is 2.19. The SMILES string of the molecule is O=C=Nc1ccc2cc(F)ccc2c1. The van der Waals surface area contributed by atoms with Gasteiger partial charge in [0.2, 0.25) is 6.08 Å². The second-order valence-corrected chi connectivity index (χ2v) is 2.88. The van der Waals surface area contributed by atoms with Crippen LogP contribution in [0.2, 0.25) is 0 Å². The number of rotatable bonds is 1. The van der Waals surface area contributed by atoms with Gasteiger partial charge in [0, 0.05) is 0 Å². The van der Waals surface area contributed by atoms with Gasteiger partial charge in [-0.15, -0.1) is 0 Å². The molecule has 0 fully saturated rings. The molecule has 14 heavy (non-hydrogen) atoms. The van der Waals surface area contributed by atoms with E-state index < -0.39 is 0 Å². The summed E-state index contributed by atoms with van der Waals surface area (Å²) in [5.41, 5.74) is 0.527. The normalized spacial score (nSPS) is 9.79. The van der Waals surface area contributed by atoms with Crippen molar-refractivity contribution in [3.05, 3.63) is 42.2 Å². The second kappa shape index (κ2) is 3.40. The first-order valence-corrected chi connectivity index (χ1v) is 4.07. The Bertz CT molecular complexity index is 530. The number of halogens is 1. The van der Waals surface area contributed by atoms with Crippen LogP contribution in [0.4, 0.5) is 10.1 Å². The van der Waals surface area contributed by atoms with Crippen LogP contribution in [0, 0.1) is 5.82 Å². The van der Waals surface area contributed by atoms with Gasteiger partial charge in [0.15, 0.2) is 0 Å². The zero-order valence-electron chi connectivity index (χ0n) is 7.20. The first kappa shape index (κ1) is 8.60. The summed E-state index contributed by atoms with van der Waals surface area (Å²) < 4.78 is 12.8. The number of hydrogen-bond acceptors (Lipinski definition) is 2. The molecule has 0 spiro atoms. The van der Waals surface area contributed by atoms with Crippen molar-refractivity contribution >= 4 is 22.5 Å². The van der Waals surface area contributed by atoms with Crippen molar-refractivity contribution in [2.75, 3.05) is 0 Å². The molecule has 2 aromatic rings. The molecule has 68 valence electrons. The molecule has 0 aliphatic heterocycles. The van der Waals surface area contributed by atoms with Gasteiger partial charge in [-0.1, -0.05) is 12.1 Å². The van der Waals surface area contributed by atoms with Crippen LogP contribution < -0.4 is 0 Å². The van der Waals surface area contributed by atoms with Crippen LogP contribution >= 0.6 is 0 Å². The molecule has 2 aromatic carbocycles. The smallest absolute Gasteiger partial charge is 0.211 e. The van der Waals surface area contributed by atoms with E-state index in [9.17, 15) is 9.18 Å². The zero-order chi connectivity index (χ0) is 9.97. The van der Waals surface area contributed by atoms with Crippen LogP contribution in [0.25, 0.3) is 10.8 Å². The second-order valence-electron chi connectivity index (χ2n) is 2.88. The highest BCUT2D eigenvalue weighted by Gasteiger charge is 1.96. The lowest BCUT2D eigenvalue weighted by Crippen LogP contribution is -1.75. The van der Waals surface area contributed by atoms with E-state index in [4.69, 9.17) is 0 Å². The molecule has 0 atom stereocenters. The lowest BCUT2D eigenvalue weighted by molar-refractivity contribution is 0.565. The largest absolute Gasteiger partial charge is 0.240 e. The van der Waals surface area contributed by atoms with Gasteiger partial charge < -0.3 is 0 Å². The number of aliphatic imine (C=N–C) groups is 1. The molecule has 3 heteroatoms. The Morgan fingerprint density at radius 3 is 2.57 bits per heavy atom. The van der Waals surface area contributed by atoms with Crippen LogP contribution in [0.15, 0.2) is 41.4 Å². The van der Waals surface area contributed by atoms with Crippen LogP contribution in [-0.4, -0.2) is 6.08 Å². The highest BCUT2D eigenvalue weighted by atomic mass is 19.1. The topological polar surface area (TPSA) is 29.4 Å². The van der Waals surface area contributed by atoms with Crippen molar-refractivity contribution in [1.29, 1.82) is 0 Å². The molecule has 2 rings (SSSR count). The third-order valence-corrected chi connectivity index (χ3v) is 1.96. The van der Waals surface area contributed by atoms with Gasteiger partial charge in [-0.2, -0.15) is 4.99 Å². The van der Waals surface area contributed by atoms with Crippen LogP contribution in [0.1, 0.15) is 0 Å². The van der Waals surface area contributed by atoms with E-state index in [1.807, 2.05) is 0 Å². The lowest BCUT2D eigenvalue weighted by atomic mass is 10.1. The van der Waals surface area contributed by atoms with Crippen LogP contribution in [-0.2, 0) is 4.79 Å². The predicted octanol–water partition coefficient (Wildman–Crippen LogP) is 2.95. The molecule has 0 amide bonds. The van der Waals surface area contributed by atoms with Gasteiger partial charge in [-0.05, 0) is 35.0 Å². The Hall–Kier alpha value is -1.99. The number of carbonyl (C=O) groups excluding carboxylic acids is 1. The Balaban J connectivity index is 2.67. The monoisotopic (exact) mass is 187 g/mol. The average molecular weight is 187 g/mol. The molecule has 0 saturated carbocycles. The molecular weight excluding hydrogens is 181 g/mol. The van der Waals surface area contributed by atoms with Crippen molar-refractivity contribution < 1.29 is 9.18 Å². The molecule has 0 aromatic heterocycles. The van der Waals surface area contributed by atoms with E-state index in [-0.39, 0.29) is 5.82 Å². The molecular formula is C11H6FNO. The van der Waals surface area contributed by atoms with E-state index >= 15 is 0 Å². The highest BCUT2D eigenvalue weighted by molar-refractivity contribution is 5.85. The van der Waals surface area contributed by atoms with E-state index in [0.717, 1.165) is 10.8 Å². The van der Waals surface area contributed by atoms with Gasteiger partial charge in [0.25, 0.3) is 0 Å². The number of isocyanates is 1. The molecule has 0 saturated heterocycles. The quantitative estimate of drug-likeness (QED) is 0.498. The fraction of sp³-hybridized carbons (Fsp3) is 0. The first-order valence-electron chi connectivity index (χ1n) is 4.07. The van der Waals surface area contributed by atoms with Gasteiger partial charge in [0.05, 0.1) is 5.69 Å².